The maximum Gasteiger partial charge on any atom is 0.343 e. The number of nitrogens with zero attached hydrogens (tertiary/aromatic N) is 1. The minimum absolute atomic E-state index is 0.246. The van der Waals surface area contributed by atoms with Crippen LogP contribution in [0.3, 0.4) is 0 Å². The number of carbonyl (C=O) groups excluding carboxylic acids is 2. The Hall–Kier alpha value is -2.44. The van der Waals surface area contributed by atoms with Gasteiger partial charge in [-0.25, -0.2) is 4.79 Å². The number of esters is 1. The molecule has 2 aromatic rings. The molecule has 0 saturated carbocycles. The van der Waals surface area contributed by atoms with E-state index in [4.69, 9.17) is 32.7 Å². The molecule has 1 atom stereocenters. The van der Waals surface area contributed by atoms with Gasteiger partial charge in [0.15, 0.2) is 18.1 Å². The molecule has 1 amide bonds. The molecule has 0 heterocycles. The second-order valence-corrected chi connectivity index (χ2v) is 6.83. The average Bonchev–Trinajstić information content (AvgIpc) is 2.70. The molecule has 0 fully saturated rings. The van der Waals surface area contributed by atoms with E-state index in [1.54, 1.807) is 42.3 Å². The van der Waals surface area contributed by atoms with Gasteiger partial charge in [0.25, 0.3) is 5.91 Å². The van der Waals surface area contributed by atoms with Crippen LogP contribution in [0.2, 0.25) is 10.0 Å². The molecule has 0 bridgehead atoms. The third kappa shape index (κ3) is 5.09. The Morgan fingerprint density at radius 1 is 1.07 bits per heavy atom. The monoisotopic (exact) mass is 425 g/mol. The molecule has 0 radical (unpaired) electrons. The van der Waals surface area contributed by atoms with Crippen LogP contribution in [-0.4, -0.2) is 44.7 Å². The maximum absolute atomic E-state index is 13.0. The van der Waals surface area contributed by atoms with Crippen molar-refractivity contribution in [3.8, 4) is 11.5 Å². The molecule has 150 valence electrons. The Morgan fingerprint density at radius 2 is 1.79 bits per heavy atom. The maximum atomic E-state index is 13.0. The van der Waals surface area contributed by atoms with Crippen LogP contribution in [0, 0.1) is 0 Å². The first-order valence-electron chi connectivity index (χ1n) is 8.38. The van der Waals surface area contributed by atoms with Gasteiger partial charge in [0.2, 0.25) is 0 Å². The Bertz CT molecular complexity index is 872. The molecule has 0 aliphatic heterocycles. The van der Waals surface area contributed by atoms with E-state index in [9.17, 15) is 9.59 Å². The van der Waals surface area contributed by atoms with Crippen molar-refractivity contribution in [3.63, 3.8) is 0 Å². The molecule has 0 aromatic heterocycles. The summed E-state index contributed by atoms with van der Waals surface area (Å²) in [5.74, 6) is -0.118. The predicted molar refractivity (Wildman–Crippen MR) is 107 cm³/mol. The summed E-state index contributed by atoms with van der Waals surface area (Å²) in [6.45, 7) is 1.57. The average molecular weight is 426 g/mol. The lowest BCUT2D eigenvalue weighted by atomic mass is 10.1. The van der Waals surface area contributed by atoms with Gasteiger partial charge >= 0.3 is 5.97 Å². The summed E-state index contributed by atoms with van der Waals surface area (Å²) in [5, 5.41) is 1.01. The number of halogens is 2. The van der Waals surface area contributed by atoms with E-state index in [-0.39, 0.29) is 24.3 Å². The number of hydrogen-bond acceptors (Lipinski definition) is 5. The highest BCUT2D eigenvalue weighted by Crippen LogP contribution is 2.32. The van der Waals surface area contributed by atoms with Crippen LogP contribution in [0.25, 0.3) is 0 Å². The Morgan fingerprint density at radius 3 is 2.39 bits per heavy atom. The van der Waals surface area contributed by atoms with Crippen molar-refractivity contribution in [2.24, 2.45) is 0 Å². The minimum atomic E-state index is -0.540. The third-order valence-electron chi connectivity index (χ3n) is 4.30. The lowest BCUT2D eigenvalue weighted by Gasteiger charge is -2.26. The highest BCUT2D eigenvalue weighted by atomic mass is 35.5. The molecule has 0 spiro atoms. The van der Waals surface area contributed by atoms with E-state index >= 15 is 0 Å². The summed E-state index contributed by atoms with van der Waals surface area (Å²) in [6, 6.07) is 9.61. The lowest BCUT2D eigenvalue weighted by molar-refractivity contribution is -0.142. The minimum Gasteiger partial charge on any atom is -0.493 e. The van der Waals surface area contributed by atoms with Gasteiger partial charge in [-0.05, 0) is 42.8 Å². The molecule has 0 N–H and O–H groups in total. The molecule has 0 aliphatic carbocycles. The molecule has 2 rings (SSSR count). The second-order valence-electron chi connectivity index (χ2n) is 5.99. The van der Waals surface area contributed by atoms with Gasteiger partial charge in [0, 0.05) is 22.7 Å². The quantitative estimate of drug-likeness (QED) is 0.615. The summed E-state index contributed by atoms with van der Waals surface area (Å²) in [6.07, 6.45) is 0. The summed E-state index contributed by atoms with van der Waals surface area (Å²) >= 11 is 12.2. The zero-order chi connectivity index (χ0) is 20.8. The van der Waals surface area contributed by atoms with E-state index in [0.717, 1.165) is 5.56 Å². The molecular formula is C20H21Cl2NO5. The first-order chi connectivity index (χ1) is 13.3. The zero-order valence-corrected chi connectivity index (χ0v) is 17.5. The van der Waals surface area contributed by atoms with E-state index in [2.05, 4.69) is 4.74 Å². The van der Waals surface area contributed by atoms with Crippen molar-refractivity contribution in [2.45, 2.75) is 13.0 Å². The molecule has 1 unspecified atom stereocenters. The largest absolute Gasteiger partial charge is 0.493 e. The van der Waals surface area contributed by atoms with Crippen LogP contribution >= 0.6 is 23.2 Å². The van der Waals surface area contributed by atoms with Crippen molar-refractivity contribution in [1.29, 1.82) is 0 Å². The van der Waals surface area contributed by atoms with Crippen LogP contribution in [0.15, 0.2) is 36.4 Å². The first-order valence-corrected chi connectivity index (χ1v) is 9.13. The molecule has 0 saturated heterocycles. The number of carbonyl (C=O) groups is 2. The van der Waals surface area contributed by atoms with Gasteiger partial charge in [-0.15, -0.1) is 0 Å². The fourth-order valence-corrected chi connectivity index (χ4v) is 3.11. The fourth-order valence-electron chi connectivity index (χ4n) is 2.55. The molecule has 28 heavy (non-hydrogen) atoms. The number of rotatable bonds is 7. The Labute approximate surface area is 173 Å². The van der Waals surface area contributed by atoms with Crippen LogP contribution in [0.5, 0.6) is 11.5 Å². The van der Waals surface area contributed by atoms with Crippen molar-refractivity contribution in [3.05, 3.63) is 57.6 Å². The first kappa shape index (κ1) is 21.9. The van der Waals surface area contributed by atoms with Gasteiger partial charge in [-0.2, -0.15) is 0 Å². The number of amides is 1. The van der Waals surface area contributed by atoms with Crippen molar-refractivity contribution in [1.82, 2.24) is 4.90 Å². The molecule has 6 nitrogen and oxygen atoms in total. The number of ether oxygens (including phenoxy) is 3. The highest BCUT2D eigenvalue weighted by Gasteiger charge is 2.22. The lowest BCUT2D eigenvalue weighted by Crippen LogP contribution is -2.29. The Balaban J connectivity index is 2.25. The topological polar surface area (TPSA) is 65.1 Å². The summed E-state index contributed by atoms with van der Waals surface area (Å²) < 4.78 is 15.2. The smallest absolute Gasteiger partial charge is 0.343 e. The van der Waals surface area contributed by atoms with E-state index in [1.165, 1.54) is 20.3 Å². The molecular weight excluding hydrogens is 405 g/mol. The predicted octanol–water partition coefficient (Wildman–Crippen LogP) is 4.39. The van der Waals surface area contributed by atoms with Crippen LogP contribution in [0.4, 0.5) is 0 Å². The molecule has 0 aliphatic rings. The number of methoxy groups -OCH3 is 2. The van der Waals surface area contributed by atoms with Gasteiger partial charge in [0.1, 0.15) is 0 Å². The zero-order valence-electron chi connectivity index (χ0n) is 16.0. The van der Waals surface area contributed by atoms with Crippen molar-refractivity contribution in [2.75, 3.05) is 27.9 Å². The normalized spacial score (nSPS) is 11.5. The van der Waals surface area contributed by atoms with Gasteiger partial charge in [0.05, 0.1) is 20.3 Å². The van der Waals surface area contributed by atoms with Crippen molar-refractivity contribution >= 4 is 35.1 Å². The molecule has 8 heteroatoms. The SMILES string of the molecule is COC(=O)COc1cc(C(=O)N(C)C(C)c2ccc(Cl)cc2Cl)ccc1OC. The van der Waals surface area contributed by atoms with Crippen LogP contribution < -0.4 is 9.47 Å². The molecule has 2 aromatic carbocycles. The van der Waals surface area contributed by atoms with E-state index < -0.39 is 5.97 Å². The van der Waals surface area contributed by atoms with Gasteiger partial charge in [-0.1, -0.05) is 29.3 Å². The van der Waals surface area contributed by atoms with Crippen LogP contribution in [0.1, 0.15) is 28.9 Å². The van der Waals surface area contributed by atoms with Gasteiger partial charge in [-0.3, -0.25) is 4.79 Å². The van der Waals surface area contributed by atoms with Crippen molar-refractivity contribution < 1.29 is 23.8 Å². The van der Waals surface area contributed by atoms with Gasteiger partial charge < -0.3 is 19.1 Å². The van der Waals surface area contributed by atoms with E-state index in [1.807, 2.05) is 6.92 Å². The number of hydrogen-bond donors (Lipinski definition) is 0. The number of benzene rings is 2. The second kappa shape index (κ2) is 9.66. The summed E-state index contributed by atoms with van der Waals surface area (Å²) in [7, 11) is 4.41. The summed E-state index contributed by atoms with van der Waals surface area (Å²) in [5.41, 5.74) is 1.15. The van der Waals surface area contributed by atoms with Crippen LogP contribution in [-0.2, 0) is 9.53 Å². The summed E-state index contributed by atoms with van der Waals surface area (Å²) in [4.78, 5) is 25.8. The van der Waals surface area contributed by atoms with E-state index in [0.29, 0.717) is 21.4 Å². The third-order valence-corrected chi connectivity index (χ3v) is 4.86. The Kier molecular flexibility index (Phi) is 7.54. The standard InChI is InChI=1S/C20H21Cl2NO5/c1-12(15-7-6-14(21)10-16(15)22)23(2)20(25)13-5-8-17(26-3)18(9-13)28-11-19(24)27-4/h5-10,12H,11H2,1-4H3. The highest BCUT2D eigenvalue weighted by molar-refractivity contribution is 6.35. The fraction of sp³-hybridized carbons (Fsp3) is 0.300.